The molecule has 1 aliphatic rings. The number of hydrogen-bond acceptors (Lipinski definition) is 3. The molecule has 0 heterocycles. The standard InChI is InChI=1S/C15H18N2OS/c1-19-10-12-4-6-13(7-5-12)14(18)17-15(11-16)8-2-3-9-15/h4-7H,2-3,8-10H2,1H3,(H,17,18). The van der Waals surface area contributed by atoms with E-state index in [9.17, 15) is 10.1 Å². The van der Waals surface area contributed by atoms with E-state index in [2.05, 4.69) is 17.6 Å². The fourth-order valence-corrected chi connectivity index (χ4v) is 2.98. The molecular formula is C15H18N2OS. The zero-order chi connectivity index (χ0) is 13.7. The Balaban J connectivity index is 2.05. The number of hydrogen-bond donors (Lipinski definition) is 1. The van der Waals surface area contributed by atoms with E-state index in [1.807, 2.05) is 24.3 Å². The lowest BCUT2D eigenvalue weighted by Gasteiger charge is -2.22. The van der Waals surface area contributed by atoms with Gasteiger partial charge in [-0.25, -0.2) is 0 Å². The van der Waals surface area contributed by atoms with E-state index in [0.29, 0.717) is 5.56 Å². The first-order valence-corrected chi connectivity index (χ1v) is 7.90. The predicted molar refractivity (Wildman–Crippen MR) is 77.9 cm³/mol. The van der Waals surface area contributed by atoms with Gasteiger partial charge in [0, 0.05) is 11.3 Å². The van der Waals surface area contributed by atoms with Gasteiger partial charge in [0.25, 0.3) is 5.91 Å². The van der Waals surface area contributed by atoms with Crippen LogP contribution in [0.3, 0.4) is 0 Å². The number of benzene rings is 1. The molecular weight excluding hydrogens is 256 g/mol. The van der Waals surface area contributed by atoms with Crippen molar-refractivity contribution in [1.29, 1.82) is 5.26 Å². The number of carbonyl (C=O) groups excluding carboxylic acids is 1. The number of carbonyl (C=O) groups is 1. The summed E-state index contributed by atoms with van der Waals surface area (Å²) >= 11 is 1.75. The van der Waals surface area contributed by atoms with Crippen LogP contribution < -0.4 is 5.32 Å². The van der Waals surface area contributed by atoms with Gasteiger partial charge in [-0.2, -0.15) is 17.0 Å². The van der Waals surface area contributed by atoms with Crippen LogP contribution in [0.1, 0.15) is 41.6 Å². The molecule has 1 aromatic rings. The Bertz CT molecular complexity index is 484. The van der Waals surface area contributed by atoms with Crippen LogP contribution in [0.25, 0.3) is 0 Å². The van der Waals surface area contributed by atoms with Gasteiger partial charge in [0.2, 0.25) is 0 Å². The van der Waals surface area contributed by atoms with Gasteiger partial charge in [-0.3, -0.25) is 4.79 Å². The largest absolute Gasteiger partial charge is 0.334 e. The highest BCUT2D eigenvalue weighted by molar-refractivity contribution is 7.97. The van der Waals surface area contributed by atoms with Crippen molar-refractivity contribution in [2.45, 2.75) is 37.0 Å². The zero-order valence-corrected chi connectivity index (χ0v) is 11.9. The molecule has 0 aromatic heterocycles. The lowest BCUT2D eigenvalue weighted by atomic mass is 9.99. The van der Waals surface area contributed by atoms with E-state index in [4.69, 9.17) is 0 Å². The summed E-state index contributed by atoms with van der Waals surface area (Å²) in [5, 5.41) is 12.2. The van der Waals surface area contributed by atoms with Crippen molar-refractivity contribution in [3.8, 4) is 6.07 Å². The lowest BCUT2D eigenvalue weighted by Crippen LogP contribution is -2.45. The van der Waals surface area contributed by atoms with Gasteiger partial charge in [0.05, 0.1) is 6.07 Å². The van der Waals surface area contributed by atoms with Crippen LogP contribution in [-0.2, 0) is 5.75 Å². The average Bonchev–Trinajstić information content (AvgIpc) is 2.89. The van der Waals surface area contributed by atoms with Crippen LogP contribution in [0.4, 0.5) is 0 Å². The Labute approximate surface area is 118 Å². The molecule has 0 spiro atoms. The van der Waals surface area contributed by atoms with Crippen LogP contribution in [0.15, 0.2) is 24.3 Å². The summed E-state index contributed by atoms with van der Waals surface area (Å²) < 4.78 is 0. The van der Waals surface area contributed by atoms with Gasteiger partial charge in [-0.1, -0.05) is 12.1 Å². The Hall–Kier alpha value is -1.47. The van der Waals surface area contributed by atoms with Crippen LogP contribution in [0.5, 0.6) is 0 Å². The summed E-state index contributed by atoms with van der Waals surface area (Å²) in [6.45, 7) is 0. The fraction of sp³-hybridized carbons (Fsp3) is 0.467. The van der Waals surface area contributed by atoms with Crippen LogP contribution >= 0.6 is 11.8 Å². The Morgan fingerprint density at radius 3 is 2.53 bits per heavy atom. The van der Waals surface area contributed by atoms with E-state index in [1.165, 1.54) is 5.56 Å². The Kier molecular flexibility index (Phi) is 4.49. The zero-order valence-electron chi connectivity index (χ0n) is 11.1. The predicted octanol–water partition coefficient (Wildman–Crippen LogP) is 3.12. The molecule has 0 atom stereocenters. The fourth-order valence-electron chi connectivity index (χ4n) is 2.45. The van der Waals surface area contributed by atoms with Gasteiger partial charge in [0.15, 0.2) is 0 Å². The molecule has 1 amide bonds. The van der Waals surface area contributed by atoms with Crippen LogP contribution in [0.2, 0.25) is 0 Å². The first-order chi connectivity index (χ1) is 9.19. The summed E-state index contributed by atoms with van der Waals surface area (Å²) in [6.07, 6.45) is 5.61. The molecule has 4 heteroatoms. The molecule has 0 radical (unpaired) electrons. The van der Waals surface area contributed by atoms with Crippen LogP contribution in [0, 0.1) is 11.3 Å². The second-order valence-corrected chi connectivity index (χ2v) is 5.85. The van der Waals surface area contributed by atoms with Crippen molar-refractivity contribution in [2.75, 3.05) is 6.26 Å². The molecule has 0 aliphatic heterocycles. The number of nitrogens with zero attached hydrogens (tertiary/aromatic N) is 1. The third kappa shape index (κ3) is 3.30. The topological polar surface area (TPSA) is 52.9 Å². The minimum Gasteiger partial charge on any atom is -0.334 e. The van der Waals surface area contributed by atoms with Crippen molar-refractivity contribution in [2.24, 2.45) is 0 Å². The van der Waals surface area contributed by atoms with Crippen molar-refractivity contribution < 1.29 is 4.79 Å². The molecule has 3 nitrogen and oxygen atoms in total. The first-order valence-electron chi connectivity index (χ1n) is 6.51. The average molecular weight is 274 g/mol. The summed E-state index contributed by atoms with van der Waals surface area (Å²) in [5.41, 5.74) is 1.20. The minimum atomic E-state index is -0.644. The van der Waals surface area contributed by atoms with Crippen molar-refractivity contribution in [1.82, 2.24) is 5.32 Å². The summed E-state index contributed by atoms with van der Waals surface area (Å²) in [6, 6.07) is 9.89. The number of thioether (sulfide) groups is 1. The maximum Gasteiger partial charge on any atom is 0.252 e. The van der Waals surface area contributed by atoms with E-state index in [1.54, 1.807) is 11.8 Å². The number of rotatable bonds is 4. The van der Waals surface area contributed by atoms with E-state index in [0.717, 1.165) is 31.4 Å². The Morgan fingerprint density at radius 2 is 2.00 bits per heavy atom. The molecule has 19 heavy (non-hydrogen) atoms. The van der Waals surface area contributed by atoms with Crippen molar-refractivity contribution in [3.63, 3.8) is 0 Å². The molecule has 0 unspecified atom stereocenters. The summed E-state index contributed by atoms with van der Waals surface area (Å²) in [5.74, 6) is 0.809. The second kappa shape index (κ2) is 6.12. The molecule has 1 aromatic carbocycles. The van der Waals surface area contributed by atoms with Gasteiger partial charge in [-0.05, 0) is 49.6 Å². The smallest absolute Gasteiger partial charge is 0.252 e. The van der Waals surface area contributed by atoms with Crippen molar-refractivity contribution >= 4 is 17.7 Å². The highest BCUT2D eigenvalue weighted by Gasteiger charge is 2.35. The van der Waals surface area contributed by atoms with E-state index < -0.39 is 5.54 Å². The van der Waals surface area contributed by atoms with E-state index in [-0.39, 0.29) is 5.91 Å². The van der Waals surface area contributed by atoms with Crippen molar-refractivity contribution in [3.05, 3.63) is 35.4 Å². The molecule has 1 saturated carbocycles. The third-order valence-corrected chi connectivity index (χ3v) is 4.17. The SMILES string of the molecule is CSCc1ccc(C(=O)NC2(C#N)CCCC2)cc1. The summed E-state index contributed by atoms with van der Waals surface area (Å²) in [4.78, 5) is 12.2. The molecule has 1 aliphatic carbocycles. The maximum absolute atomic E-state index is 12.2. The molecule has 2 rings (SSSR count). The van der Waals surface area contributed by atoms with Gasteiger partial charge in [0.1, 0.15) is 5.54 Å². The molecule has 0 bridgehead atoms. The first kappa shape index (κ1) is 14.0. The van der Waals surface area contributed by atoms with E-state index >= 15 is 0 Å². The number of nitriles is 1. The molecule has 0 saturated heterocycles. The molecule has 100 valence electrons. The van der Waals surface area contributed by atoms with Crippen LogP contribution in [-0.4, -0.2) is 17.7 Å². The maximum atomic E-state index is 12.2. The normalized spacial score (nSPS) is 16.8. The van der Waals surface area contributed by atoms with Gasteiger partial charge >= 0.3 is 0 Å². The monoisotopic (exact) mass is 274 g/mol. The minimum absolute atomic E-state index is 0.140. The van der Waals surface area contributed by atoms with Gasteiger partial charge in [-0.15, -0.1) is 0 Å². The van der Waals surface area contributed by atoms with Gasteiger partial charge < -0.3 is 5.32 Å². The lowest BCUT2D eigenvalue weighted by molar-refractivity contribution is 0.0920. The highest BCUT2D eigenvalue weighted by Crippen LogP contribution is 2.29. The molecule has 1 N–H and O–H groups in total. The third-order valence-electron chi connectivity index (χ3n) is 3.55. The highest BCUT2D eigenvalue weighted by atomic mass is 32.2. The number of nitrogens with one attached hydrogen (secondary N) is 1. The molecule has 1 fully saturated rings. The Morgan fingerprint density at radius 1 is 1.37 bits per heavy atom. The number of amides is 1. The summed E-state index contributed by atoms with van der Waals surface area (Å²) in [7, 11) is 0. The quantitative estimate of drug-likeness (QED) is 0.917. The second-order valence-electron chi connectivity index (χ2n) is 4.99.